The zero-order chi connectivity index (χ0) is 33.7. The predicted octanol–water partition coefficient (Wildman–Crippen LogP) is 7.05. The fourth-order valence-corrected chi connectivity index (χ4v) is 4.51. The highest BCUT2D eigenvalue weighted by Crippen LogP contribution is 2.26. The lowest BCUT2D eigenvalue weighted by Crippen LogP contribution is -2.47. The molecule has 0 spiro atoms. The van der Waals surface area contributed by atoms with Gasteiger partial charge in [0.25, 0.3) is 5.91 Å². The number of nitrogens with zero attached hydrogens (tertiary/aromatic N) is 2. The van der Waals surface area contributed by atoms with E-state index < -0.39 is 17.5 Å². The molecule has 246 valence electrons. The Balaban J connectivity index is 0.00000347. The summed E-state index contributed by atoms with van der Waals surface area (Å²) in [5.74, 6) is -1.31. The third-order valence-electron chi connectivity index (χ3n) is 5.77. The molecule has 2 rings (SSSR count). The van der Waals surface area contributed by atoms with Gasteiger partial charge in [-0.25, -0.2) is 4.98 Å². The molecule has 0 aliphatic carbocycles. The number of benzene rings is 1. The Bertz CT molecular complexity index is 1190. The molecular weight excluding hydrogens is 604 g/mol. The number of thiazole rings is 1. The zero-order valence-corrected chi connectivity index (χ0v) is 28.6. The molecule has 44 heavy (non-hydrogen) atoms. The average Bonchev–Trinajstić information content (AvgIpc) is 3.46. The topological polar surface area (TPSA) is 129 Å². The van der Waals surface area contributed by atoms with Crippen LogP contribution in [0.2, 0.25) is 5.02 Å². The molecule has 1 heterocycles. The second-order valence-electron chi connectivity index (χ2n) is 10.2. The Kier molecular flexibility index (Phi) is 20.9. The van der Waals surface area contributed by atoms with E-state index in [0.717, 1.165) is 6.42 Å². The van der Waals surface area contributed by atoms with Crippen LogP contribution in [0.15, 0.2) is 65.8 Å². The van der Waals surface area contributed by atoms with Gasteiger partial charge in [0, 0.05) is 67.3 Å². The molecule has 0 saturated heterocycles. The third-order valence-corrected chi connectivity index (χ3v) is 6.94. The van der Waals surface area contributed by atoms with Gasteiger partial charge in [-0.15, -0.1) is 11.3 Å². The first-order valence-electron chi connectivity index (χ1n) is 14.5. The Morgan fingerprint density at radius 2 is 1.80 bits per heavy atom. The number of ether oxygens (including phenoxy) is 2. The van der Waals surface area contributed by atoms with Crippen molar-refractivity contribution in [2.75, 3.05) is 38.9 Å². The van der Waals surface area contributed by atoms with E-state index in [-0.39, 0.29) is 50.7 Å². The molecule has 1 aromatic heterocycles. The predicted molar refractivity (Wildman–Crippen MR) is 180 cm³/mol. The summed E-state index contributed by atoms with van der Waals surface area (Å²) in [4.78, 5) is 31.1. The zero-order valence-electron chi connectivity index (χ0n) is 27.0. The molecule has 0 radical (unpaired) electrons. The summed E-state index contributed by atoms with van der Waals surface area (Å²) >= 11 is 7.42. The normalized spacial score (nSPS) is 12.3. The van der Waals surface area contributed by atoms with Crippen LogP contribution in [0.5, 0.6) is 0 Å². The third kappa shape index (κ3) is 15.6. The van der Waals surface area contributed by atoms with Crippen molar-refractivity contribution in [1.29, 1.82) is 0 Å². The number of hydrogen-bond acceptors (Lipinski definition) is 8. The van der Waals surface area contributed by atoms with Crippen molar-refractivity contribution in [3.63, 3.8) is 0 Å². The molecule has 11 heteroatoms. The van der Waals surface area contributed by atoms with Crippen LogP contribution in [0.1, 0.15) is 58.2 Å². The van der Waals surface area contributed by atoms with Crippen LogP contribution in [-0.4, -0.2) is 72.3 Å². The van der Waals surface area contributed by atoms with Gasteiger partial charge in [-0.3, -0.25) is 9.59 Å². The van der Waals surface area contributed by atoms with Crippen molar-refractivity contribution in [2.24, 2.45) is 5.41 Å². The van der Waals surface area contributed by atoms with Crippen molar-refractivity contribution >= 4 is 40.5 Å². The highest BCUT2D eigenvalue weighted by Gasteiger charge is 2.32. The quantitative estimate of drug-likeness (QED) is 0.130. The molecule has 0 aliphatic rings. The molecule has 1 atom stereocenters. The molecule has 2 aromatic rings. The number of aryl methyl sites for hydroxylation is 1. The van der Waals surface area contributed by atoms with Crippen LogP contribution < -0.4 is 4.90 Å². The Labute approximate surface area is 271 Å². The lowest BCUT2D eigenvalue weighted by Gasteiger charge is -2.33. The van der Waals surface area contributed by atoms with Gasteiger partial charge < -0.3 is 29.7 Å². The first-order valence-corrected chi connectivity index (χ1v) is 15.7. The number of halogens is 1. The maximum absolute atomic E-state index is 14.1. The molecule has 0 unspecified atom stereocenters. The summed E-state index contributed by atoms with van der Waals surface area (Å²) < 4.78 is 10.4. The van der Waals surface area contributed by atoms with E-state index in [1.807, 2.05) is 40.7 Å². The standard InChI is InChI=1S/C29H37ClN2O6S.C2H6O.C2H6/c1-5-7-8-20(24(34)6-2)16-38-25(15-26-31-22(17-39-26)11-14-27(35)36)28(37)32(18-29(3,4)19-33)23-12-9-21(30)10-13-23;1-3-2;1-2/h6-10,12-13,17,25,33-34H,2,5,11,14-16,18-19H2,1,3-4H3,(H,35,36);1-2H3;1-2H3/b8-7-,24-20-;;/t25-;;/m1../s1. The van der Waals surface area contributed by atoms with Gasteiger partial charge in [-0.2, -0.15) is 0 Å². The van der Waals surface area contributed by atoms with Crippen molar-refractivity contribution in [2.45, 2.75) is 66.4 Å². The smallest absolute Gasteiger partial charge is 0.303 e. The van der Waals surface area contributed by atoms with Gasteiger partial charge >= 0.3 is 5.97 Å². The van der Waals surface area contributed by atoms with Crippen molar-refractivity contribution in [3.05, 3.63) is 81.5 Å². The number of carboxylic acid groups (broad SMARTS) is 1. The summed E-state index contributed by atoms with van der Waals surface area (Å²) in [5, 5.41) is 32.2. The summed E-state index contributed by atoms with van der Waals surface area (Å²) in [6, 6.07) is 6.84. The van der Waals surface area contributed by atoms with Crippen molar-refractivity contribution in [3.8, 4) is 0 Å². The lowest BCUT2D eigenvalue weighted by molar-refractivity contribution is -0.137. The minimum atomic E-state index is -0.990. The Morgan fingerprint density at radius 3 is 2.32 bits per heavy atom. The number of aliphatic hydroxyl groups excluding tert-OH is 2. The number of carbonyl (C=O) groups is 2. The molecule has 1 amide bonds. The van der Waals surface area contributed by atoms with E-state index in [0.29, 0.717) is 27.0 Å². The highest BCUT2D eigenvalue weighted by atomic mass is 35.5. The number of allylic oxidation sites excluding steroid dienone is 2. The largest absolute Gasteiger partial charge is 0.508 e. The Morgan fingerprint density at radius 1 is 1.18 bits per heavy atom. The molecule has 9 nitrogen and oxygen atoms in total. The number of aliphatic carboxylic acids is 1. The van der Waals surface area contributed by atoms with Crippen LogP contribution in [0.4, 0.5) is 5.69 Å². The number of amides is 1. The molecule has 0 aliphatic heterocycles. The van der Waals surface area contributed by atoms with Crippen LogP contribution >= 0.6 is 22.9 Å². The summed E-state index contributed by atoms with van der Waals surface area (Å²) in [7, 11) is 3.25. The molecule has 0 bridgehead atoms. The minimum Gasteiger partial charge on any atom is -0.508 e. The molecule has 1 aromatic carbocycles. The average molecular weight is 653 g/mol. The van der Waals surface area contributed by atoms with Gasteiger partial charge in [-0.05, 0) is 36.8 Å². The summed E-state index contributed by atoms with van der Waals surface area (Å²) in [5.41, 5.74) is 1.09. The first-order chi connectivity index (χ1) is 20.9. The van der Waals surface area contributed by atoms with Gasteiger partial charge in [0.05, 0.1) is 23.7 Å². The minimum absolute atomic E-state index is 0.0403. The highest BCUT2D eigenvalue weighted by molar-refractivity contribution is 7.09. The van der Waals surface area contributed by atoms with E-state index in [4.69, 9.17) is 21.4 Å². The fraction of sp³-hybridized carbons (Fsp3) is 0.485. The maximum Gasteiger partial charge on any atom is 0.303 e. The first kappa shape index (κ1) is 41.0. The van der Waals surface area contributed by atoms with E-state index in [9.17, 15) is 19.8 Å². The number of hydrogen-bond donors (Lipinski definition) is 3. The van der Waals surface area contributed by atoms with Crippen LogP contribution in [0.25, 0.3) is 0 Å². The van der Waals surface area contributed by atoms with Crippen LogP contribution in [0.3, 0.4) is 0 Å². The number of anilines is 1. The fourth-order valence-electron chi connectivity index (χ4n) is 3.53. The van der Waals surface area contributed by atoms with Gasteiger partial charge in [0.1, 0.15) is 11.9 Å². The SMILES string of the molecule is C=C/C(O)=C(\C=C/CC)CO[C@H](Cc1nc(CCC(=O)O)cs1)C(=O)N(CC(C)(C)CO)c1ccc(Cl)cc1.CC.COC. The number of aromatic nitrogens is 1. The summed E-state index contributed by atoms with van der Waals surface area (Å²) in [6.45, 7) is 13.3. The summed E-state index contributed by atoms with van der Waals surface area (Å²) in [6.07, 6.45) is 5.06. The van der Waals surface area contributed by atoms with Gasteiger partial charge in [0.15, 0.2) is 0 Å². The monoisotopic (exact) mass is 652 g/mol. The number of carbonyl (C=O) groups excluding carboxylic acids is 1. The van der Waals surface area contributed by atoms with E-state index in [1.54, 1.807) is 54.8 Å². The van der Waals surface area contributed by atoms with Crippen LogP contribution in [0, 0.1) is 5.41 Å². The molecular formula is C33H49ClN2O7S. The van der Waals surface area contributed by atoms with Crippen molar-refractivity contribution in [1.82, 2.24) is 4.98 Å². The Hall–Kier alpha value is -3.02. The van der Waals surface area contributed by atoms with Crippen LogP contribution in [-0.2, 0) is 31.9 Å². The molecule has 3 N–H and O–H groups in total. The molecule has 0 fully saturated rings. The van der Waals surface area contributed by atoms with E-state index in [1.165, 1.54) is 17.4 Å². The number of rotatable bonds is 16. The van der Waals surface area contributed by atoms with E-state index in [2.05, 4.69) is 16.3 Å². The lowest BCUT2D eigenvalue weighted by atomic mass is 9.93. The van der Waals surface area contributed by atoms with Crippen molar-refractivity contribution < 1.29 is 34.4 Å². The second kappa shape index (κ2) is 22.5. The van der Waals surface area contributed by atoms with Gasteiger partial charge in [-0.1, -0.05) is 65.0 Å². The number of carboxylic acids is 1. The second-order valence-corrected chi connectivity index (χ2v) is 11.6. The molecule has 0 saturated carbocycles. The number of aliphatic hydroxyl groups is 2. The van der Waals surface area contributed by atoms with E-state index >= 15 is 0 Å². The maximum atomic E-state index is 14.1. The van der Waals surface area contributed by atoms with Gasteiger partial charge in [0.2, 0.25) is 0 Å². The number of methoxy groups -OCH3 is 1.